The maximum absolute atomic E-state index is 12.1. The lowest BCUT2D eigenvalue weighted by atomic mass is 9.94. The minimum absolute atomic E-state index is 0.207. The molecular formula is C26H37NO8S. The van der Waals surface area contributed by atoms with Crippen LogP contribution < -0.4 is 10.1 Å². The van der Waals surface area contributed by atoms with Crippen LogP contribution in [0.25, 0.3) is 0 Å². The van der Waals surface area contributed by atoms with Crippen LogP contribution in [0.2, 0.25) is 0 Å². The Morgan fingerprint density at radius 3 is 2.28 bits per heavy atom. The Morgan fingerprint density at radius 2 is 1.67 bits per heavy atom. The summed E-state index contributed by atoms with van der Waals surface area (Å²) in [4.78, 5) is 12.1. The molecule has 10 heteroatoms. The number of aryl methyl sites for hydroxylation is 1. The van der Waals surface area contributed by atoms with Crippen molar-refractivity contribution in [3.05, 3.63) is 64.7 Å². The summed E-state index contributed by atoms with van der Waals surface area (Å²) in [6.07, 6.45) is -0.381. The second-order valence-electron chi connectivity index (χ2n) is 9.53. The second-order valence-corrected chi connectivity index (χ2v) is 12.0. The van der Waals surface area contributed by atoms with Gasteiger partial charge in [0.15, 0.2) is 6.61 Å². The molecule has 3 rings (SSSR count). The zero-order chi connectivity index (χ0) is 26.5. The van der Waals surface area contributed by atoms with Crippen LogP contribution in [0.3, 0.4) is 0 Å². The fraction of sp³-hybridized carbons (Fsp3) is 0.500. The highest BCUT2D eigenvalue weighted by Crippen LogP contribution is 2.48. The van der Waals surface area contributed by atoms with Gasteiger partial charge < -0.3 is 40.7 Å². The highest BCUT2D eigenvalue weighted by Gasteiger charge is 2.40. The minimum atomic E-state index is -1.50. The Bertz CT molecular complexity index is 1010. The number of carbonyl (C=O) groups is 1. The van der Waals surface area contributed by atoms with E-state index < -0.39 is 60.5 Å². The molecular weight excluding hydrogens is 486 g/mol. The third-order valence-electron chi connectivity index (χ3n) is 6.73. The minimum Gasteiger partial charge on any atom is -0.484 e. The normalized spacial score (nSPS) is 25.4. The first-order valence-electron chi connectivity index (χ1n) is 11.8. The number of aliphatic hydroxyl groups excluding tert-OH is 6. The summed E-state index contributed by atoms with van der Waals surface area (Å²) in [5.41, 5.74) is 2.66. The van der Waals surface area contributed by atoms with E-state index in [1.165, 1.54) is 0 Å². The van der Waals surface area contributed by atoms with Crippen molar-refractivity contribution in [1.29, 1.82) is 0 Å². The smallest absolute Gasteiger partial charge is 0.258 e. The van der Waals surface area contributed by atoms with Crippen molar-refractivity contribution >= 4 is 16.8 Å². The number of hydrogen-bond acceptors (Lipinski definition) is 8. The quantitative estimate of drug-likeness (QED) is 0.195. The van der Waals surface area contributed by atoms with Crippen molar-refractivity contribution < 1.29 is 40.2 Å². The van der Waals surface area contributed by atoms with Gasteiger partial charge in [-0.2, -0.15) is 0 Å². The average Bonchev–Trinajstić information content (AvgIpc) is 2.87. The van der Waals surface area contributed by atoms with Crippen LogP contribution >= 0.6 is 10.9 Å². The molecule has 5 atom stereocenters. The summed E-state index contributed by atoms with van der Waals surface area (Å²) in [7, 11) is -0.696. The molecule has 1 heterocycles. The number of rotatable bonds is 10. The van der Waals surface area contributed by atoms with E-state index in [4.69, 9.17) is 4.74 Å². The molecule has 0 spiro atoms. The van der Waals surface area contributed by atoms with Crippen LogP contribution in [0.5, 0.6) is 5.75 Å². The number of benzene rings is 2. The number of amides is 1. The van der Waals surface area contributed by atoms with E-state index in [-0.39, 0.29) is 11.9 Å². The molecule has 1 amide bonds. The molecule has 0 radical (unpaired) electrons. The van der Waals surface area contributed by atoms with E-state index in [9.17, 15) is 35.4 Å². The zero-order valence-corrected chi connectivity index (χ0v) is 21.4. The van der Waals surface area contributed by atoms with Crippen molar-refractivity contribution in [1.82, 2.24) is 5.32 Å². The lowest BCUT2D eigenvalue weighted by Gasteiger charge is -2.42. The molecule has 1 fully saturated rings. The fourth-order valence-corrected chi connectivity index (χ4v) is 6.78. The Hall–Kier alpha value is -2.18. The predicted octanol–water partition coefficient (Wildman–Crippen LogP) is -0.435. The van der Waals surface area contributed by atoms with Gasteiger partial charge >= 0.3 is 0 Å². The maximum Gasteiger partial charge on any atom is 0.258 e. The van der Waals surface area contributed by atoms with Gasteiger partial charge in [0.1, 0.15) is 17.4 Å². The molecule has 0 bridgehead atoms. The van der Waals surface area contributed by atoms with Crippen molar-refractivity contribution in [3.63, 3.8) is 0 Å². The predicted molar refractivity (Wildman–Crippen MR) is 139 cm³/mol. The maximum atomic E-state index is 12.1. The number of ether oxygens (including phenoxy) is 1. The SMILES string of the molecule is Cc1ccc([C@H]2[C@H](O)[C@H](O)[C@H](O)C[SH]2C)cc1Cc1ccc(OCC(=O)NC(CO)(CO)CO)cc1. The van der Waals surface area contributed by atoms with Gasteiger partial charge in [0, 0.05) is 11.0 Å². The summed E-state index contributed by atoms with van der Waals surface area (Å²) < 4.78 is 5.49. The van der Waals surface area contributed by atoms with Crippen molar-refractivity contribution in [2.75, 3.05) is 38.4 Å². The molecule has 1 aliphatic heterocycles. The van der Waals surface area contributed by atoms with Crippen LogP contribution in [0, 0.1) is 6.92 Å². The van der Waals surface area contributed by atoms with Crippen LogP contribution in [0.4, 0.5) is 0 Å². The second kappa shape index (κ2) is 12.4. The fourth-order valence-electron chi connectivity index (χ4n) is 4.38. The van der Waals surface area contributed by atoms with Gasteiger partial charge in [-0.1, -0.05) is 30.3 Å². The standard InChI is InChI=1S/C26H37NO8S/c1-16-3-6-18(25-24(34)23(33)21(31)12-36(25)2)10-19(16)9-17-4-7-20(8-5-17)35-11-22(32)27-26(13-28,14-29)15-30/h3-8,10,21,23-25,28-31,33-34,36H,9,11-15H2,1-2H3,(H,27,32)/t21-,23-,24-,25+/m1/s1. The van der Waals surface area contributed by atoms with E-state index in [0.29, 0.717) is 17.9 Å². The van der Waals surface area contributed by atoms with Gasteiger partial charge in [0.25, 0.3) is 5.91 Å². The highest BCUT2D eigenvalue weighted by molar-refractivity contribution is 8.16. The Kier molecular flexibility index (Phi) is 9.76. The van der Waals surface area contributed by atoms with Crippen LogP contribution in [-0.4, -0.2) is 98.8 Å². The number of nitrogens with one attached hydrogen (secondary N) is 1. The Morgan fingerprint density at radius 1 is 1.03 bits per heavy atom. The van der Waals surface area contributed by atoms with Gasteiger partial charge in [-0.15, -0.1) is 0 Å². The number of carbonyl (C=O) groups excluding carboxylic acids is 1. The third kappa shape index (κ3) is 6.57. The molecule has 9 nitrogen and oxygen atoms in total. The summed E-state index contributed by atoms with van der Waals surface area (Å²) in [5, 5.41) is 60.9. The lowest BCUT2D eigenvalue weighted by Crippen LogP contribution is -2.58. The summed E-state index contributed by atoms with van der Waals surface area (Å²) in [5.74, 6) is 0.376. The van der Waals surface area contributed by atoms with E-state index >= 15 is 0 Å². The van der Waals surface area contributed by atoms with E-state index in [1.54, 1.807) is 12.1 Å². The first-order valence-corrected chi connectivity index (χ1v) is 13.9. The van der Waals surface area contributed by atoms with E-state index in [1.807, 2.05) is 37.4 Å². The highest BCUT2D eigenvalue weighted by atomic mass is 32.2. The van der Waals surface area contributed by atoms with Gasteiger partial charge in [-0.3, -0.25) is 4.79 Å². The topological polar surface area (TPSA) is 160 Å². The van der Waals surface area contributed by atoms with Gasteiger partial charge in [0.05, 0.1) is 32.0 Å². The number of aliphatic hydroxyl groups is 6. The van der Waals surface area contributed by atoms with Crippen molar-refractivity contribution in [2.24, 2.45) is 0 Å². The molecule has 0 aliphatic carbocycles. The summed E-state index contributed by atoms with van der Waals surface area (Å²) in [6, 6.07) is 13.3. The molecule has 7 N–H and O–H groups in total. The summed E-state index contributed by atoms with van der Waals surface area (Å²) in [6.45, 7) is -0.146. The first kappa shape index (κ1) is 28.4. The molecule has 2 aromatic rings. The van der Waals surface area contributed by atoms with Gasteiger partial charge in [0.2, 0.25) is 0 Å². The van der Waals surface area contributed by atoms with Crippen molar-refractivity contribution in [2.45, 2.75) is 42.4 Å². The lowest BCUT2D eigenvalue weighted by molar-refractivity contribution is -0.127. The van der Waals surface area contributed by atoms with Crippen LogP contribution in [0.1, 0.15) is 27.5 Å². The molecule has 36 heavy (non-hydrogen) atoms. The largest absolute Gasteiger partial charge is 0.484 e. The molecule has 1 unspecified atom stereocenters. The number of thiol groups is 1. The molecule has 0 saturated carbocycles. The zero-order valence-electron chi connectivity index (χ0n) is 20.5. The first-order chi connectivity index (χ1) is 17.1. The Labute approximate surface area is 213 Å². The molecule has 0 aromatic heterocycles. The Balaban J connectivity index is 1.65. The van der Waals surface area contributed by atoms with Gasteiger partial charge in [-0.25, -0.2) is 10.9 Å². The van der Waals surface area contributed by atoms with Crippen LogP contribution in [0.15, 0.2) is 42.5 Å². The molecule has 200 valence electrons. The van der Waals surface area contributed by atoms with Crippen LogP contribution in [-0.2, 0) is 11.2 Å². The third-order valence-corrected chi connectivity index (χ3v) is 9.24. The molecule has 1 aliphatic rings. The summed E-state index contributed by atoms with van der Waals surface area (Å²) >= 11 is 0. The average molecular weight is 524 g/mol. The van der Waals surface area contributed by atoms with E-state index in [0.717, 1.165) is 22.3 Å². The van der Waals surface area contributed by atoms with E-state index in [2.05, 4.69) is 11.4 Å². The molecule has 2 aromatic carbocycles. The molecule has 1 saturated heterocycles. The number of hydrogen-bond donors (Lipinski definition) is 8. The van der Waals surface area contributed by atoms with Gasteiger partial charge in [-0.05, 0) is 54.0 Å². The van der Waals surface area contributed by atoms with Crippen molar-refractivity contribution in [3.8, 4) is 5.75 Å². The monoisotopic (exact) mass is 523 g/mol.